The fourth-order valence-electron chi connectivity index (χ4n) is 3.55. The molecule has 1 atom stereocenters. The molecule has 1 aliphatic carbocycles. The molecule has 1 aliphatic rings. The van der Waals surface area contributed by atoms with Gasteiger partial charge in [-0.05, 0) is 49.8 Å². The summed E-state index contributed by atoms with van der Waals surface area (Å²) in [6, 6.07) is 7.76. The quantitative estimate of drug-likeness (QED) is 0.440. The first-order valence-electron chi connectivity index (χ1n) is 9.74. The highest BCUT2D eigenvalue weighted by Gasteiger charge is 2.29. The molecule has 6 nitrogen and oxygen atoms in total. The molecule has 0 radical (unpaired) electrons. The van der Waals surface area contributed by atoms with E-state index in [1.807, 2.05) is 24.3 Å². The summed E-state index contributed by atoms with van der Waals surface area (Å²) in [4.78, 5) is 34.0. The van der Waals surface area contributed by atoms with Gasteiger partial charge in [0.1, 0.15) is 5.00 Å². The number of fused-ring (bicyclic) bond motifs is 2. The molecule has 0 bridgehead atoms. The van der Waals surface area contributed by atoms with Gasteiger partial charge in [-0.1, -0.05) is 30.8 Å². The van der Waals surface area contributed by atoms with Crippen molar-refractivity contribution in [2.45, 2.75) is 38.3 Å². The van der Waals surface area contributed by atoms with E-state index >= 15 is 0 Å². The van der Waals surface area contributed by atoms with Crippen molar-refractivity contribution >= 4 is 51.0 Å². The highest BCUT2D eigenvalue weighted by atomic mass is 32.2. The third kappa shape index (κ3) is 4.33. The summed E-state index contributed by atoms with van der Waals surface area (Å²) >= 11 is 2.85. The van der Waals surface area contributed by atoms with Crippen molar-refractivity contribution in [1.29, 1.82) is 0 Å². The zero-order valence-electron chi connectivity index (χ0n) is 16.4. The first-order chi connectivity index (χ1) is 14.0. The minimum absolute atomic E-state index is 0.160. The molecule has 2 aromatic heterocycles. The number of carbonyl (C=O) groups is 2. The predicted octanol–water partition coefficient (Wildman–Crippen LogP) is 4.66. The van der Waals surface area contributed by atoms with Crippen LogP contribution in [0.1, 0.15) is 41.1 Å². The van der Waals surface area contributed by atoms with Crippen molar-refractivity contribution in [1.82, 2.24) is 9.97 Å². The summed E-state index contributed by atoms with van der Waals surface area (Å²) in [5.41, 5.74) is 3.41. The van der Waals surface area contributed by atoms with Gasteiger partial charge in [-0.15, -0.1) is 11.3 Å². The molecule has 3 aromatic rings. The molecule has 0 spiro atoms. The number of thiophene rings is 1. The largest absolute Gasteiger partial charge is 0.462 e. The third-order valence-corrected chi connectivity index (χ3v) is 6.99. The van der Waals surface area contributed by atoms with Crippen molar-refractivity contribution in [3.05, 3.63) is 40.3 Å². The van der Waals surface area contributed by atoms with Crippen LogP contribution in [0.5, 0.6) is 0 Å². The SMILES string of the molecule is CCOC(=O)c1c(NC(=O)CSc2nc3ccccc3[nH]2)sc2c1CCC(C)C2. The van der Waals surface area contributed by atoms with E-state index in [1.165, 1.54) is 28.0 Å². The van der Waals surface area contributed by atoms with Crippen LogP contribution >= 0.6 is 23.1 Å². The number of para-hydroxylation sites is 2. The topological polar surface area (TPSA) is 84.1 Å². The highest BCUT2D eigenvalue weighted by Crippen LogP contribution is 2.40. The molecule has 0 fully saturated rings. The normalized spacial score (nSPS) is 15.9. The zero-order valence-corrected chi connectivity index (χ0v) is 18.0. The van der Waals surface area contributed by atoms with Gasteiger partial charge in [0.25, 0.3) is 0 Å². The van der Waals surface area contributed by atoms with Crippen LogP contribution in [0.25, 0.3) is 11.0 Å². The summed E-state index contributed by atoms with van der Waals surface area (Å²) in [5, 5.41) is 4.25. The Hall–Kier alpha value is -2.32. The van der Waals surface area contributed by atoms with Gasteiger partial charge in [0, 0.05) is 4.88 Å². The molecule has 2 N–H and O–H groups in total. The molecule has 2 heterocycles. The molecule has 152 valence electrons. The number of thioether (sulfide) groups is 1. The fourth-order valence-corrected chi connectivity index (χ4v) is 5.65. The molecular weight excluding hydrogens is 406 g/mol. The summed E-state index contributed by atoms with van der Waals surface area (Å²) in [6.07, 6.45) is 2.84. The molecule has 1 aromatic carbocycles. The van der Waals surface area contributed by atoms with Crippen molar-refractivity contribution in [3.8, 4) is 0 Å². The monoisotopic (exact) mass is 429 g/mol. The number of imidazole rings is 1. The lowest BCUT2D eigenvalue weighted by Gasteiger charge is -2.18. The molecule has 0 aliphatic heterocycles. The van der Waals surface area contributed by atoms with Crippen molar-refractivity contribution < 1.29 is 14.3 Å². The maximum Gasteiger partial charge on any atom is 0.341 e. The Morgan fingerprint density at radius 2 is 2.21 bits per heavy atom. The van der Waals surface area contributed by atoms with Crippen LogP contribution in [-0.4, -0.2) is 34.2 Å². The van der Waals surface area contributed by atoms with Crippen molar-refractivity contribution in [3.63, 3.8) is 0 Å². The van der Waals surface area contributed by atoms with Gasteiger partial charge >= 0.3 is 5.97 Å². The van der Waals surface area contributed by atoms with E-state index in [0.29, 0.717) is 28.2 Å². The van der Waals surface area contributed by atoms with Crippen LogP contribution in [0.2, 0.25) is 0 Å². The molecular formula is C21H23N3O3S2. The minimum Gasteiger partial charge on any atom is -0.462 e. The van der Waals surface area contributed by atoms with Crippen LogP contribution < -0.4 is 5.32 Å². The minimum atomic E-state index is -0.347. The number of hydrogen-bond acceptors (Lipinski definition) is 6. The number of esters is 1. The van der Waals surface area contributed by atoms with Crippen molar-refractivity contribution in [2.75, 3.05) is 17.7 Å². The second-order valence-electron chi connectivity index (χ2n) is 7.17. The average Bonchev–Trinajstić information content (AvgIpc) is 3.26. The Labute approximate surface area is 177 Å². The van der Waals surface area contributed by atoms with Gasteiger partial charge in [0.15, 0.2) is 5.16 Å². The Balaban J connectivity index is 1.48. The van der Waals surface area contributed by atoms with Gasteiger partial charge in [0.05, 0.1) is 29.0 Å². The number of ether oxygens (including phenoxy) is 1. The molecule has 1 unspecified atom stereocenters. The second kappa shape index (κ2) is 8.59. The van der Waals surface area contributed by atoms with Crippen LogP contribution in [0, 0.1) is 5.92 Å². The van der Waals surface area contributed by atoms with E-state index in [9.17, 15) is 9.59 Å². The molecule has 0 saturated carbocycles. The fraction of sp³-hybridized carbons (Fsp3) is 0.381. The zero-order chi connectivity index (χ0) is 20.4. The summed E-state index contributed by atoms with van der Waals surface area (Å²) in [5.74, 6) is 0.289. The molecule has 29 heavy (non-hydrogen) atoms. The Kier molecular flexibility index (Phi) is 5.91. The molecule has 0 saturated heterocycles. The number of aromatic nitrogens is 2. The van der Waals surface area contributed by atoms with E-state index in [-0.39, 0.29) is 17.6 Å². The lowest BCUT2D eigenvalue weighted by Crippen LogP contribution is -2.17. The van der Waals surface area contributed by atoms with Crippen molar-refractivity contribution in [2.24, 2.45) is 5.92 Å². The van der Waals surface area contributed by atoms with E-state index in [0.717, 1.165) is 35.9 Å². The number of H-pyrrole nitrogens is 1. The summed E-state index contributed by atoms with van der Waals surface area (Å²) < 4.78 is 5.26. The number of anilines is 1. The van der Waals surface area contributed by atoms with Gasteiger partial charge in [0.2, 0.25) is 5.91 Å². The second-order valence-corrected chi connectivity index (χ2v) is 9.24. The Morgan fingerprint density at radius 3 is 3.00 bits per heavy atom. The van der Waals surface area contributed by atoms with Crippen LogP contribution in [0.15, 0.2) is 29.4 Å². The number of nitrogens with one attached hydrogen (secondary N) is 2. The first kappa shape index (κ1) is 20.0. The smallest absolute Gasteiger partial charge is 0.341 e. The number of carbonyl (C=O) groups excluding carboxylic acids is 2. The van der Waals surface area contributed by atoms with Crippen LogP contribution in [0.4, 0.5) is 5.00 Å². The summed E-state index contributed by atoms with van der Waals surface area (Å²) in [7, 11) is 0. The van der Waals surface area contributed by atoms with Gasteiger partial charge in [-0.25, -0.2) is 9.78 Å². The maximum absolute atomic E-state index is 12.6. The standard InChI is InChI=1S/C21H23N3O3S2/c1-3-27-20(26)18-13-9-8-12(2)10-16(13)29-19(18)24-17(25)11-28-21-22-14-6-4-5-7-15(14)23-21/h4-7,12H,3,8-11H2,1-2H3,(H,22,23)(H,24,25). The number of nitrogens with zero attached hydrogens (tertiary/aromatic N) is 1. The van der Waals surface area contributed by atoms with Gasteiger partial charge in [-0.3, -0.25) is 4.79 Å². The van der Waals surface area contributed by atoms with Crippen LogP contribution in [-0.2, 0) is 22.4 Å². The average molecular weight is 430 g/mol. The van der Waals surface area contributed by atoms with E-state index in [4.69, 9.17) is 4.74 Å². The maximum atomic E-state index is 12.6. The lowest BCUT2D eigenvalue weighted by atomic mass is 9.88. The van der Waals surface area contributed by atoms with Gasteiger partial charge in [-0.2, -0.15) is 0 Å². The number of benzene rings is 1. The molecule has 8 heteroatoms. The molecule has 4 rings (SSSR count). The Bertz CT molecular complexity index is 1020. The van der Waals surface area contributed by atoms with Gasteiger partial charge < -0.3 is 15.0 Å². The highest BCUT2D eigenvalue weighted by molar-refractivity contribution is 7.99. The van der Waals surface area contributed by atoms with E-state index < -0.39 is 0 Å². The lowest BCUT2D eigenvalue weighted by molar-refractivity contribution is -0.113. The number of aromatic amines is 1. The Morgan fingerprint density at radius 1 is 1.38 bits per heavy atom. The van der Waals surface area contributed by atoms with E-state index in [2.05, 4.69) is 22.2 Å². The van der Waals surface area contributed by atoms with Crippen LogP contribution in [0.3, 0.4) is 0 Å². The third-order valence-electron chi connectivity index (χ3n) is 4.95. The number of hydrogen-bond donors (Lipinski definition) is 2. The van der Waals surface area contributed by atoms with E-state index in [1.54, 1.807) is 6.92 Å². The number of rotatable bonds is 6. The molecule has 1 amide bonds. The summed E-state index contributed by atoms with van der Waals surface area (Å²) in [6.45, 7) is 4.32. The first-order valence-corrected chi connectivity index (χ1v) is 11.5. The predicted molar refractivity (Wildman–Crippen MR) is 117 cm³/mol. The number of amides is 1.